The molecule has 0 saturated heterocycles. The highest BCUT2D eigenvalue weighted by molar-refractivity contribution is 5.66. The predicted octanol–water partition coefficient (Wildman–Crippen LogP) is 5.69. The summed E-state index contributed by atoms with van der Waals surface area (Å²) in [6.07, 6.45) is 20.7. The van der Waals surface area contributed by atoms with Gasteiger partial charge in [-0.2, -0.15) is 0 Å². The van der Waals surface area contributed by atoms with Crippen molar-refractivity contribution >= 4 is 5.97 Å². The summed E-state index contributed by atoms with van der Waals surface area (Å²) in [5.41, 5.74) is 0. The summed E-state index contributed by atoms with van der Waals surface area (Å²) in [7, 11) is 0. The lowest BCUT2D eigenvalue weighted by Crippen LogP contribution is -1.93. The van der Waals surface area contributed by atoms with Crippen LogP contribution in [0.5, 0.6) is 0 Å². The molecular formula is C21H44O4. The Morgan fingerprint density at radius 3 is 1.12 bits per heavy atom. The standard InChI is InChI=1S/C18H36O2.C3H8O2/c1-2-3-4-5-6-7-8-9-10-11-12-13-14-15-16-17-18(19)20;4-2-1-3-5/h2-17H2,1H3,(H,19,20);4-5H,1-3H2. The summed E-state index contributed by atoms with van der Waals surface area (Å²) in [6, 6.07) is 0. The average Bonchev–Trinajstić information content (AvgIpc) is 2.59. The highest BCUT2D eigenvalue weighted by Crippen LogP contribution is 2.13. The first-order chi connectivity index (χ1) is 12.2. The molecule has 0 amide bonds. The molecule has 0 rings (SSSR count). The summed E-state index contributed by atoms with van der Waals surface area (Å²) >= 11 is 0. The van der Waals surface area contributed by atoms with E-state index in [1.807, 2.05) is 0 Å². The zero-order valence-electron chi connectivity index (χ0n) is 16.7. The summed E-state index contributed by atoms with van der Waals surface area (Å²) < 4.78 is 0. The van der Waals surface area contributed by atoms with Crippen molar-refractivity contribution in [2.24, 2.45) is 0 Å². The van der Waals surface area contributed by atoms with E-state index >= 15 is 0 Å². The van der Waals surface area contributed by atoms with Crippen LogP contribution in [-0.4, -0.2) is 34.5 Å². The summed E-state index contributed by atoms with van der Waals surface area (Å²) in [4.78, 5) is 10.3. The Balaban J connectivity index is 0. The molecule has 0 saturated carbocycles. The van der Waals surface area contributed by atoms with Gasteiger partial charge in [0.2, 0.25) is 0 Å². The van der Waals surface area contributed by atoms with Crippen molar-refractivity contribution in [2.75, 3.05) is 13.2 Å². The smallest absolute Gasteiger partial charge is 0.303 e. The molecule has 0 unspecified atom stereocenters. The van der Waals surface area contributed by atoms with Crippen LogP contribution in [0.25, 0.3) is 0 Å². The van der Waals surface area contributed by atoms with Crippen molar-refractivity contribution < 1.29 is 20.1 Å². The maximum atomic E-state index is 10.3. The number of unbranched alkanes of at least 4 members (excludes halogenated alkanes) is 14. The number of carbonyl (C=O) groups is 1. The Morgan fingerprint density at radius 1 is 0.560 bits per heavy atom. The molecular weight excluding hydrogens is 316 g/mol. The van der Waals surface area contributed by atoms with Crippen LogP contribution >= 0.6 is 0 Å². The van der Waals surface area contributed by atoms with Gasteiger partial charge in [-0.25, -0.2) is 0 Å². The minimum absolute atomic E-state index is 0.0938. The monoisotopic (exact) mass is 360 g/mol. The highest BCUT2D eigenvalue weighted by Gasteiger charge is 1.97. The second kappa shape index (κ2) is 25.6. The molecule has 0 heterocycles. The zero-order valence-corrected chi connectivity index (χ0v) is 16.7. The second-order valence-corrected chi connectivity index (χ2v) is 6.89. The molecule has 0 aromatic heterocycles. The third-order valence-electron chi connectivity index (χ3n) is 4.31. The van der Waals surface area contributed by atoms with Crippen LogP contribution in [0.4, 0.5) is 0 Å². The van der Waals surface area contributed by atoms with Crippen LogP contribution < -0.4 is 0 Å². The van der Waals surface area contributed by atoms with E-state index < -0.39 is 5.97 Å². The third-order valence-corrected chi connectivity index (χ3v) is 4.31. The summed E-state index contributed by atoms with van der Waals surface area (Å²) in [5, 5.41) is 24.3. The molecule has 0 aromatic rings. The fourth-order valence-corrected chi connectivity index (χ4v) is 2.72. The van der Waals surface area contributed by atoms with Crippen molar-refractivity contribution in [2.45, 2.75) is 116 Å². The van der Waals surface area contributed by atoms with Gasteiger partial charge in [0, 0.05) is 19.6 Å². The van der Waals surface area contributed by atoms with Gasteiger partial charge in [-0.15, -0.1) is 0 Å². The van der Waals surface area contributed by atoms with E-state index in [-0.39, 0.29) is 13.2 Å². The zero-order chi connectivity index (χ0) is 19.0. The number of aliphatic hydroxyl groups excluding tert-OH is 2. The number of aliphatic hydroxyl groups is 2. The van der Waals surface area contributed by atoms with Gasteiger partial charge in [-0.3, -0.25) is 4.79 Å². The molecule has 0 atom stereocenters. The first kappa shape index (κ1) is 26.6. The van der Waals surface area contributed by atoms with Gasteiger partial charge < -0.3 is 15.3 Å². The highest BCUT2D eigenvalue weighted by atomic mass is 16.4. The van der Waals surface area contributed by atoms with Gasteiger partial charge in [-0.1, -0.05) is 96.8 Å². The van der Waals surface area contributed by atoms with Crippen molar-refractivity contribution in [3.8, 4) is 0 Å². The topological polar surface area (TPSA) is 77.8 Å². The summed E-state index contributed by atoms with van der Waals surface area (Å²) in [6.45, 7) is 2.46. The van der Waals surface area contributed by atoms with Crippen molar-refractivity contribution in [1.29, 1.82) is 0 Å². The molecule has 0 bridgehead atoms. The molecule has 4 nitrogen and oxygen atoms in total. The van der Waals surface area contributed by atoms with E-state index in [9.17, 15) is 4.79 Å². The molecule has 25 heavy (non-hydrogen) atoms. The lowest BCUT2D eigenvalue weighted by atomic mass is 10.0. The van der Waals surface area contributed by atoms with Gasteiger partial charge in [0.25, 0.3) is 0 Å². The molecule has 4 heteroatoms. The van der Waals surface area contributed by atoms with Crippen molar-refractivity contribution in [1.82, 2.24) is 0 Å². The van der Waals surface area contributed by atoms with E-state index in [0.717, 1.165) is 12.8 Å². The maximum Gasteiger partial charge on any atom is 0.303 e. The van der Waals surface area contributed by atoms with E-state index in [2.05, 4.69) is 6.92 Å². The van der Waals surface area contributed by atoms with Crippen LogP contribution in [0, 0.1) is 0 Å². The van der Waals surface area contributed by atoms with Gasteiger partial charge in [0.05, 0.1) is 0 Å². The van der Waals surface area contributed by atoms with E-state index in [1.165, 1.54) is 83.5 Å². The Bertz CT molecular complexity index is 242. The minimum Gasteiger partial charge on any atom is -0.481 e. The normalized spacial score (nSPS) is 10.4. The van der Waals surface area contributed by atoms with E-state index in [4.69, 9.17) is 15.3 Å². The first-order valence-electron chi connectivity index (χ1n) is 10.6. The average molecular weight is 361 g/mol. The van der Waals surface area contributed by atoms with Gasteiger partial charge in [-0.05, 0) is 12.8 Å². The molecule has 0 radical (unpaired) electrons. The Labute approximate surface area is 156 Å². The second-order valence-electron chi connectivity index (χ2n) is 6.89. The van der Waals surface area contributed by atoms with Gasteiger partial charge in [0.1, 0.15) is 0 Å². The first-order valence-corrected chi connectivity index (χ1v) is 10.6. The van der Waals surface area contributed by atoms with Crippen LogP contribution in [0.3, 0.4) is 0 Å². The van der Waals surface area contributed by atoms with Gasteiger partial charge >= 0.3 is 5.97 Å². The van der Waals surface area contributed by atoms with E-state index in [1.54, 1.807) is 0 Å². The predicted molar refractivity (Wildman–Crippen MR) is 106 cm³/mol. The minimum atomic E-state index is -0.653. The number of rotatable bonds is 18. The quantitative estimate of drug-likeness (QED) is 0.274. The fourth-order valence-electron chi connectivity index (χ4n) is 2.72. The number of carboxylic acid groups (broad SMARTS) is 1. The number of hydrogen-bond donors (Lipinski definition) is 3. The molecule has 0 aliphatic heterocycles. The van der Waals surface area contributed by atoms with Gasteiger partial charge in [0.15, 0.2) is 0 Å². The lowest BCUT2D eigenvalue weighted by molar-refractivity contribution is -0.137. The van der Waals surface area contributed by atoms with E-state index in [0.29, 0.717) is 12.8 Å². The van der Waals surface area contributed by atoms with Crippen LogP contribution in [-0.2, 0) is 4.79 Å². The Kier molecular flexibility index (Phi) is 27.3. The van der Waals surface area contributed by atoms with Crippen molar-refractivity contribution in [3.63, 3.8) is 0 Å². The van der Waals surface area contributed by atoms with Crippen LogP contribution in [0.1, 0.15) is 116 Å². The van der Waals surface area contributed by atoms with Crippen LogP contribution in [0.2, 0.25) is 0 Å². The molecule has 0 aromatic carbocycles. The molecule has 0 aliphatic carbocycles. The number of aliphatic carboxylic acids is 1. The Morgan fingerprint density at radius 2 is 0.880 bits per heavy atom. The molecule has 0 fully saturated rings. The molecule has 0 aliphatic rings. The molecule has 0 spiro atoms. The fraction of sp³-hybridized carbons (Fsp3) is 0.952. The lowest BCUT2D eigenvalue weighted by Gasteiger charge is -2.03. The summed E-state index contributed by atoms with van der Waals surface area (Å²) in [5.74, 6) is -0.653. The third kappa shape index (κ3) is 31.6. The largest absolute Gasteiger partial charge is 0.481 e. The Hall–Kier alpha value is -0.610. The SMILES string of the molecule is CCCCCCCCCCCCCCCCCC(=O)O.OCCCO. The van der Waals surface area contributed by atoms with Crippen LogP contribution in [0.15, 0.2) is 0 Å². The maximum absolute atomic E-state index is 10.3. The molecule has 3 N–H and O–H groups in total. The molecule has 152 valence electrons. The number of hydrogen-bond acceptors (Lipinski definition) is 3. The number of carboxylic acids is 1. The van der Waals surface area contributed by atoms with Crippen molar-refractivity contribution in [3.05, 3.63) is 0 Å².